The van der Waals surface area contributed by atoms with Crippen molar-refractivity contribution >= 4 is 6.08 Å². The Bertz CT molecular complexity index is 712. The average Bonchev–Trinajstić information content (AvgIpc) is 2.58. The first-order valence-electron chi connectivity index (χ1n) is 8.82. The second kappa shape index (κ2) is 13.5. The largest absolute Gasteiger partial charge is 0.508 e. The first-order chi connectivity index (χ1) is 12.4. The molecule has 0 saturated heterocycles. The molecule has 2 N–H and O–H groups in total. The molecular formula is C24H32O2. The van der Waals surface area contributed by atoms with Crippen LogP contribution < -0.4 is 0 Å². The maximum absolute atomic E-state index is 9.56. The predicted molar refractivity (Wildman–Crippen MR) is 115 cm³/mol. The second-order valence-corrected chi connectivity index (χ2v) is 5.89. The van der Waals surface area contributed by atoms with Crippen LogP contribution in [-0.2, 0) is 6.42 Å². The molecule has 0 aliphatic carbocycles. The van der Waals surface area contributed by atoms with E-state index in [9.17, 15) is 10.2 Å². The molecule has 140 valence electrons. The fourth-order valence-corrected chi connectivity index (χ4v) is 2.05. The minimum Gasteiger partial charge on any atom is -0.508 e. The Morgan fingerprint density at radius 3 is 1.88 bits per heavy atom. The number of aryl methyl sites for hydroxylation is 2. The molecule has 0 fully saturated rings. The molecular weight excluding hydrogens is 320 g/mol. The van der Waals surface area contributed by atoms with E-state index in [1.165, 1.54) is 0 Å². The number of rotatable bonds is 4. The van der Waals surface area contributed by atoms with Crippen molar-refractivity contribution < 1.29 is 10.2 Å². The lowest BCUT2D eigenvalue weighted by molar-refractivity contribution is 0.469. The zero-order valence-electron chi connectivity index (χ0n) is 16.5. The van der Waals surface area contributed by atoms with E-state index in [4.69, 9.17) is 0 Å². The maximum atomic E-state index is 9.56. The summed E-state index contributed by atoms with van der Waals surface area (Å²) in [6, 6.07) is 11.3. The summed E-state index contributed by atoms with van der Waals surface area (Å²) in [5.41, 5.74) is 3.93. The van der Waals surface area contributed by atoms with Gasteiger partial charge in [0.2, 0.25) is 0 Å². The molecule has 0 aromatic heterocycles. The minimum atomic E-state index is 0.301. The zero-order chi connectivity index (χ0) is 19.9. The van der Waals surface area contributed by atoms with Gasteiger partial charge in [0.25, 0.3) is 0 Å². The summed E-state index contributed by atoms with van der Waals surface area (Å²) in [4.78, 5) is 0. The van der Waals surface area contributed by atoms with Gasteiger partial charge in [-0.3, -0.25) is 0 Å². The van der Waals surface area contributed by atoms with Gasteiger partial charge >= 0.3 is 0 Å². The van der Waals surface area contributed by atoms with Crippen molar-refractivity contribution in [2.45, 2.75) is 40.5 Å². The third kappa shape index (κ3) is 9.53. The lowest BCUT2D eigenvalue weighted by Gasteiger charge is -2.01. The molecule has 2 aromatic rings. The van der Waals surface area contributed by atoms with Crippen LogP contribution >= 0.6 is 0 Å². The molecule has 0 heterocycles. The van der Waals surface area contributed by atoms with E-state index < -0.39 is 0 Å². The Morgan fingerprint density at radius 2 is 1.42 bits per heavy atom. The molecule has 2 nitrogen and oxygen atoms in total. The van der Waals surface area contributed by atoms with Gasteiger partial charge in [-0.15, -0.1) is 6.58 Å². The van der Waals surface area contributed by atoms with Crippen molar-refractivity contribution in [1.29, 1.82) is 0 Å². The summed E-state index contributed by atoms with van der Waals surface area (Å²) < 4.78 is 0. The number of benzene rings is 2. The third-order valence-corrected chi connectivity index (χ3v) is 3.39. The normalized spacial score (nSPS) is 9.54. The van der Waals surface area contributed by atoms with Gasteiger partial charge in [0.1, 0.15) is 11.5 Å². The second-order valence-electron chi connectivity index (χ2n) is 5.89. The lowest BCUT2D eigenvalue weighted by atomic mass is 10.1. The highest BCUT2D eigenvalue weighted by atomic mass is 16.3. The summed E-state index contributed by atoms with van der Waals surface area (Å²) in [6.07, 6.45) is 9.45. The van der Waals surface area contributed by atoms with Gasteiger partial charge in [-0.25, -0.2) is 0 Å². The van der Waals surface area contributed by atoms with Crippen LogP contribution in [0.4, 0.5) is 0 Å². The molecule has 0 atom stereocenters. The monoisotopic (exact) mass is 352 g/mol. The van der Waals surface area contributed by atoms with Gasteiger partial charge in [0.15, 0.2) is 0 Å². The van der Waals surface area contributed by atoms with Gasteiger partial charge in [-0.05, 0) is 62.4 Å². The van der Waals surface area contributed by atoms with Crippen LogP contribution in [0.3, 0.4) is 0 Å². The van der Waals surface area contributed by atoms with Gasteiger partial charge < -0.3 is 10.2 Å². The average molecular weight is 353 g/mol. The fourth-order valence-electron chi connectivity index (χ4n) is 2.05. The third-order valence-electron chi connectivity index (χ3n) is 3.39. The van der Waals surface area contributed by atoms with E-state index in [1.807, 2.05) is 45.0 Å². The molecule has 2 heteroatoms. The number of hydrogen-bond acceptors (Lipinski definition) is 2. The first kappa shape index (κ1) is 23.3. The molecule has 0 spiro atoms. The first-order valence-corrected chi connectivity index (χ1v) is 8.82. The molecule has 0 radical (unpaired) electrons. The van der Waals surface area contributed by atoms with Crippen LogP contribution in [0.25, 0.3) is 6.08 Å². The number of phenolic OH excluding ortho intramolecular Hbond substituents is 2. The van der Waals surface area contributed by atoms with Gasteiger partial charge in [0.05, 0.1) is 0 Å². The Kier molecular flexibility index (Phi) is 12.1. The van der Waals surface area contributed by atoms with Crippen LogP contribution in [0, 0.1) is 13.8 Å². The van der Waals surface area contributed by atoms with Crippen LogP contribution in [0.15, 0.2) is 67.8 Å². The zero-order valence-corrected chi connectivity index (χ0v) is 16.5. The van der Waals surface area contributed by atoms with E-state index in [0.29, 0.717) is 11.5 Å². The summed E-state index contributed by atoms with van der Waals surface area (Å²) in [6.45, 7) is 14.8. The summed E-state index contributed by atoms with van der Waals surface area (Å²) in [5, 5.41) is 18.8. The van der Waals surface area contributed by atoms with Crippen molar-refractivity contribution in [2.24, 2.45) is 0 Å². The Labute approximate surface area is 158 Å². The minimum absolute atomic E-state index is 0.301. The molecule has 2 aromatic carbocycles. The number of hydrogen-bond donors (Lipinski definition) is 2. The van der Waals surface area contributed by atoms with E-state index in [0.717, 1.165) is 35.1 Å². The van der Waals surface area contributed by atoms with E-state index in [1.54, 1.807) is 24.3 Å². The lowest BCUT2D eigenvalue weighted by Crippen LogP contribution is -1.83. The molecule has 0 unspecified atom stereocenters. The van der Waals surface area contributed by atoms with Gasteiger partial charge in [-0.1, -0.05) is 62.1 Å². The molecule has 2 rings (SSSR count). The summed E-state index contributed by atoms with van der Waals surface area (Å²) in [5.74, 6) is 0.704. The van der Waals surface area contributed by atoms with Crippen LogP contribution in [0.1, 0.15) is 42.5 Å². The van der Waals surface area contributed by atoms with Crippen molar-refractivity contribution in [3.63, 3.8) is 0 Å². The molecule has 0 aliphatic heterocycles. The predicted octanol–water partition coefficient (Wildman–Crippen LogP) is 6.75. The standard InChI is InChI=1S/C12H16O.C9H10O.C3H6/c1-3-4-5-6-11-8-7-10(2)9-12(11)13;1-3-8-5-4-7(2)6-9(8)10;1-3-2/h4-5,7-9,13H,3,6H2,1-2H3;3-6,10H,1H2,2H3;3H,1H2,2H3/b5-4+;;. The molecule has 0 saturated carbocycles. The van der Waals surface area contributed by atoms with Crippen molar-refractivity contribution in [2.75, 3.05) is 0 Å². The van der Waals surface area contributed by atoms with Crippen LogP contribution in [0.5, 0.6) is 11.5 Å². The quantitative estimate of drug-likeness (QED) is 0.598. The highest BCUT2D eigenvalue weighted by Gasteiger charge is 1.97. The summed E-state index contributed by atoms with van der Waals surface area (Å²) in [7, 11) is 0. The van der Waals surface area contributed by atoms with E-state index >= 15 is 0 Å². The molecule has 0 amide bonds. The number of allylic oxidation sites excluding steroid dienone is 3. The fraction of sp³-hybridized carbons (Fsp3) is 0.250. The van der Waals surface area contributed by atoms with Gasteiger partial charge in [-0.2, -0.15) is 0 Å². The Morgan fingerprint density at radius 1 is 0.885 bits per heavy atom. The van der Waals surface area contributed by atoms with Crippen molar-refractivity contribution in [3.05, 3.63) is 90.0 Å². The van der Waals surface area contributed by atoms with Crippen molar-refractivity contribution in [1.82, 2.24) is 0 Å². The van der Waals surface area contributed by atoms with Gasteiger partial charge in [0, 0.05) is 5.56 Å². The smallest absolute Gasteiger partial charge is 0.123 e. The molecule has 26 heavy (non-hydrogen) atoms. The van der Waals surface area contributed by atoms with Crippen LogP contribution in [-0.4, -0.2) is 10.2 Å². The van der Waals surface area contributed by atoms with E-state index in [2.05, 4.69) is 32.2 Å². The molecule has 0 bridgehead atoms. The van der Waals surface area contributed by atoms with Crippen molar-refractivity contribution in [3.8, 4) is 11.5 Å². The van der Waals surface area contributed by atoms with Crippen LogP contribution in [0.2, 0.25) is 0 Å². The maximum Gasteiger partial charge on any atom is 0.123 e. The Hall–Kier alpha value is -2.74. The topological polar surface area (TPSA) is 40.5 Å². The highest BCUT2D eigenvalue weighted by Crippen LogP contribution is 2.19. The summed E-state index contributed by atoms with van der Waals surface area (Å²) >= 11 is 0. The Balaban J connectivity index is 0.000000428. The highest BCUT2D eigenvalue weighted by molar-refractivity contribution is 5.55. The van der Waals surface area contributed by atoms with E-state index in [-0.39, 0.29) is 0 Å². The number of phenols is 2. The number of aromatic hydroxyl groups is 2. The molecule has 0 aliphatic rings. The SMILES string of the molecule is C=CC.C=Cc1ccc(C)cc1O.CC/C=C/Cc1ccc(C)cc1O.